The fourth-order valence-corrected chi connectivity index (χ4v) is 4.83. The minimum Gasteiger partial charge on any atom is -0.372 e. The normalized spacial score (nSPS) is 29.8. The average molecular weight is 324 g/mol. The summed E-state index contributed by atoms with van der Waals surface area (Å²) in [6, 6.07) is 12.1. The topological polar surface area (TPSA) is 9.72 Å². The van der Waals surface area contributed by atoms with E-state index >= 15 is 0 Å². The van der Waals surface area contributed by atoms with Crippen LogP contribution < -0.4 is 4.90 Å². The zero-order valence-corrected chi connectivity index (χ0v) is 14.8. The standard InChI is InChI=1S/C21H30N3/c1-2-11-22(10-1)19-8-6-17(7-9-19)20-16-21(20)24-14-12-23(13-15-24)18-4-3-5-18/h6-9,18,20H,1-5,10-16H2/t20-/m0/s1. The van der Waals surface area contributed by atoms with Crippen molar-refractivity contribution in [3.05, 3.63) is 35.9 Å². The van der Waals surface area contributed by atoms with Crippen LogP contribution in [0.1, 0.15) is 50.0 Å². The molecule has 2 saturated heterocycles. The van der Waals surface area contributed by atoms with E-state index in [-0.39, 0.29) is 0 Å². The highest BCUT2D eigenvalue weighted by Crippen LogP contribution is 2.52. The van der Waals surface area contributed by atoms with Gasteiger partial charge in [0.15, 0.2) is 0 Å². The SMILES string of the molecule is c1cc(N2CCCC2)ccc1[C@@H]1C[C]1N1CCN(C2CCC2)CC1. The van der Waals surface area contributed by atoms with Gasteiger partial charge in [-0.25, -0.2) is 0 Å². The molecule has 2 heterocycles. The molecule has 2 aliphatic carbocycles. The van der Waals surface area contributed by atoms with Crippen LogP contribution in [0, 0.1) is 6.04 Å². The Labute approximate surface area is 146 Å². The molecule has 2 saturated carbocycles. The lowest BCUT2D eigenvalue weighted by Crippen LogP contribution is -2.51. The molecule has 0 spiro atoms. The van der Waals surface area contributed by atoms with Crippen LogP contribution in [0.25, 0.3) is 0 Å². The number of nitrogens with zero attached hydrogens (tertiary/aromatic N) is 3. The molecule has 1 atom stereocenters. The summed E-state index contributed by atoms with van der Waals surface area (Å²) in [4.78, 5) is 7.96. The summed E-state index contributed by atoms with van der Waals surface area (Å²) in [6.45, 7) is 7.57. The van der Waals surface area contributed by atoms with Crippen molar-refractivity contribution in [3.8, 4) is 0 Å². The lowest BCUT2D eigenvalue weighted by atomic mass is 9.91. The molecule has 129 valence electrons. The first kappa shape index (κ1) is 15.2. The number of hydrogen-bond donors (Lipinski definition) is 0. The monoisotopic (exact) mass is 324 g/mol. The van der Waals surface area contributed by atoms with Crippen LogP contribution in [0.4, 0.5) is 5.69 Å². The minimum absolute atomic E-state index is 0.716. The summed E-state index contributed by atoms with van der Waals surface area (Å²) in [5.41, 5.74) is 2.96. The molecule has 2 aliphatic heterocycles. The Kier molecular flexibility index (Phi) is 4.02. The number of piperazine rings is 1. The smallest absolute Gasteiger partial charge is 0.0476 e. The van der Waals surface area contributed by atoms with Crippen molar-refractivity contribution in [1.29, 1.82) is 0 Å². The third kappa shape index (κ3) is 2.86. The van der Waals surface area contributed by atoms with Crippen LogP contribution in [-0.4, -0.2) is 55.1 Å². The summed E-state index contributed by atoms with van der Waals surface area (Å²) < 4.78 is 0. The second kappa shape index (κ2) is 6.34. The van der Waals surface area contributed by atoms with Crippen molar-refractivity contribution in [3.63, 3.8) is 0 Å². The predicted molar refractivity (Wildman–Crippen MR) is 99.3 cm³/mol. The first-order valence-electron chi connectivity index (χ1n) is 10.1. The molecule has 0 unspecified atom stereocenters. The van der Waals surface area contributed by atoms with Gasteiger partial charge in [0, 0.05) is 63.0 Å². The van der Waals surface area contributed by atoms with Crippen LogP contribution in [0.5, 0.6) is 0 Å². The molecule has 1 radical (unpaired) electrons. The van der Waals surface area contributed by atoms with Crippen molar-refractivity contribution in [2.24, 2.45) is 0 Å². The molecule has 4 fully saturated rings. The quantitative estimate of drug-likeness (QED) is 0.839. The molecule has 0 N–H and O–H groups in total. The molecule has 4 aliphatic rings. The Bertz CT molecular complexity index is 551. The second-order valence-electron chi connectivity index (χ2n) is 8.14. The first-order chi connectivity index (χ1) is 11.9. The summed E-state index contributed by atoms with van der Waals surface area (Å²) >= 11 is 0. The van der Waals surface area contributed by atoms with Gasteiger partial charge in [0.1, 0.15) is 0 Å². The Morgan fingerprint density at radius 2 is 1.42 bits per heavy atom. The van der Waals surface area contributed by atoms with Gasteiger partial charge >= 0.3 is 0 Å². The van der Waals surface area contributed by atoms with Gasteiger partial charge in [-0.3, -0.25) is 9.80 Å². The van der Waals surface area contributed by atoms with Gasteiger partial charge in [-0.15, -0.1) is 0 Å². The Morgan fingerprint density at radius 3 is 2.04 bits per heavy atom. The van der Waals surface area contributed by atoms with E-state index in [1.54, 1.807) is 6.04 Å². The van der Waals surface area contributed by atoms with Gasteiger partial charge in [-0.05, 0) is 49.8 Å². The van der Waals surface area contributed by atoms with Gasteiger partial charge < -0.3 is 4.90 Å². The van der Waals surface area contributed by atoms with E-state index in [0.717, 1.165) is 6.04 Å². The summed E-state index contributed by atoms with van der Waals surface area (Å²) in [5.74, 6) is 0.716. The van der Waals surface area contributed by atoms with Gasteiger partial charge in [-0.1, -0.05) is 18.6 Å². The molecular formula is C21H30N3. The van der Waals surface area contributed by atoms with Crippen molar-refractivity contribution in [1.82, 2.24) is 9.80 Å². The molecule has 1 aromatic carbocycles. The van der Waals surface area contributed by atoms with Gasteiger partial charge in [0.25, 0.3) is 0 Å². The van der Waals surface area contributed by atoms with Crippen LogP contribution in [0.2, 0.25) is 0 Å². The largest absolute Gasteiger partial charge is 0.372 e. The zero-order chi connectivity index (χ0) is 15.9. The Morgan fingerprint density at radius 1 is 0.708 bits per heavy atom. The van der Waals surface area contributed by atoms with Crippen molar-refractivity contribution in [2.45, 2.75) is 50.5 Å². The second-order valence-corrected chi connectivity index (χ2v) is 8.14. The third-order valence-electron chi connectivity index (χ3n) is 6.73. The highest BCUT2D eigenvalue weighted by Gasteiger charge is 2.44. The fraction of sp³-hybridized carbons (Fsp3) is 0.667. The maximum Gasteiger partial charge on any atom is 0.0476 e. The molecule has 0 bridgehead atoms. The van der Waals surface area contributed by atoms with Crippen molar-refractivity contribution >= 4 is 5.69 Å². The van der Waals surface area contributed by atoms with Crippen molar-refractivity contribution in [2.75, 3.05) is 44.2 Å². The first-order valence-corrected chi connectivity index (χ1v) is 10.1. The van der Waals surface area contributed by atoms with E-state index in [1.807, 2.05) is 0 Å². The number of hydrogen-bond acceptors (Lipinski definition) is 3. The Balaban J connectivity index is 1.15. The van der Waals surface area contributed by atoms with Gasteiger partial charge in [0.2, 0.25) is 0 Å². The number of benzene rings is 1. The van der Waals surface area contributed by atoms with Crippen LogP contribution >= 0.6 is 0 Å². The van der Waals surface area contributed by atoms with E-state index in [2.05, 4.69) is 39.0 Å². The Hall–Kier alpha value is -1.06. The van der Waals surface area contributed by atoms with E-state index in [1.165, 1.54) is 89.0 Å². The average Bonchev–Trinajstić information content (AvgIpc) is 3.19. The van der Waals surface area contributed by atoms with Crippen LogP contribution in [0.3, 0.4) is 0 Å². The van der Waals surface area contributed by atoms with E-state index in [0.29, 0.717) is 5.92 Å². The summed E-state index contributed by atoms with van der Waals surface area (Å²) in [6.07, 6.45) is 8.36. The highest BCUT2D eigenvalue weighted by atomic mass is 15.3. The molecule has 1 aromatic rings. The number of rotatable bonds is 4. The van der Waals surface area contributed by atoms with E-state index in [4.69, 9.17) is 0 Å². The number of anilines is 1. The molecular weight excluding hydrogens is 294 g/mol. The maximum absolute atomic E-state index is 2.74. The van der Waals surface area contributed by atoms with Gasteiger partial charge in [0.05, 0.1) is 0 Å². The highest BCUT2D eigenvalue weighted by molar-refractivity contribution is 5.50. The molecule has 0 amide bonds. The molecule has 3 heteroatoms. The molecule has 0 aromatic heterocycles. The van der Waals surface area contributed by atoms with Crippen molar-refractivity contribution < 1.29 is 0 Å². The third-order valence-corrected chi connectivity index (χ3v) is 6.73. The van der Waals surface area contributed by atoms with Crippen LogP contribution in [0.15, 0.2) is 24.3 Å². The van der Waals surface area contributed by atoms with E-state index < -0.39 is 0 Å². The predicted octanol–water partition coefficient (Wildman–Crippen LogP) is 3.48. The maximum atomic E-state index is 2.74. The summed E-state index contributed by atoms with van der Waals surface area (Å²) in [7, 11) is 0. The zero-order valence-electron chi connectivity index (χ0n) is 14.8. The van der Waals surface area contributed by atoms with E-state index in [9.17, 15) is 0 Å². The van der Waals surface area contributed by atoms with Crippen LogP contribution in [-0.2, 0) is 0 Å². The molecule has 24 heavy (non-hydrogen) atoms. The lowest BCUT2D eigenvalue weighted by molar-refractivity contribution is 0.0701. The lowest BCUT2D eigenvalue weighted by Gasteiger charge is -2.43. The van der Waals surface area contributed by atoms with Gasteiger partial charge in [-0.2, -0.15) is 0 Å². The minimum atomic E-state index is 0.716. The fourth-order valence-electron chi connectivity index (χ4n) is 4.83. The summed E-state index contributed by atoms with van der Waals surface area (Å²) in [5, 5.41) is 0. The molecule has 3 nitrogen and oxygen atoms in total. The molecule has 5 rings (SSSR count).